The topological polar surface area (TPSA) is 63.5 Å². The van der Waals surface area contributed by atoms with E-state index in [0.717, 1.165) is 48.0 Å². The maximum absolute atomic E-state index is 11.5. The van der Waals surface area contributed by atoms with Crippen molar-refractivity contribution in [2.24, 2.45) is 5.92 Å². The van der Waals surface area contributed by atoms with E-state index >= 15 is 0 Å². The van der Waals surface area contributed by atoms with Crippen LogP contribution in [-0.4, -0.2) is 41.5 Å². The zero-order valence-corrected chi connectivity index (χ0v) is 18.8. The monoisotopic (exact) mass is 457 g/mol. The molecule has 5 atom stereocenters. The first kappa shape index (κ1) is 19.9. The van der Waals surface area contributed by atoms with Crippen molar-refractivity contribution >= 4 is 34.8 Å². The Labute approximate surface area is 192 Å². The molecule has 6 rings (SSSR count). The molecule has 1 spiro atoms. The molecule has 7 heteroatoms. The number of nitrogens with zero attached hydrogens (tertiary/aromatic N) is 1. The molecule has 4 aliphatic rings. The number of nitrogens with one attached hydrogen (secondary N) is 2. The summed E-state index contributed by atoms with van der Waals surface area (Å²) >= 11 is 13.0. The van der Waals surface area contributed by atoms with Crippen LogP contribution < -0.4 is 15.4 Å². The first-order chi connectivity index (χ1) is 14.9. The first-order valence-corrected chi connectivity index (χ1v) is 11.7. The first-order valence-electron chi connectivity index (χ1n) is 11.0. The lowest BCUT2D eigenvalue weighted by Gasteiger charge is -2.46. The number of piperidine rings is 1. The number of halogens is 2. The third kappa shape index (κ3) is 3.25. The van der Waals surface area contributed by atoms with E-state index in [4.69, 9.17) is 27.9 Å². The van der Waals surface area contributed by atoms with Crippen molar-refractivity contribution in [3.05, 3.63) is 57.6 Å². The lowest BCUT2D eigenvalue weighted by atomic mass is 9.68. The Balaban J connectivity index is 1.32. The van der Waals surface area contributed by atoms with Gasteiger partial charge in [-0.1, -0.05) is 29.3 Å². The molecule has 2 unspecified atom stereocenters. The van der Waals surface area contributed by atoms with Crippen molar-refractivity contribution in [1.29, 1.82) is 0 Å². The fourth-order valence-electron chi connectivity index (χ4n) is 5.99. The Kier molecular flexibility index (Phi) is 4.55. The average molecular weight is 458 g/mol. The number of amides is 1. The molecule has 0 radical (unpaired) electrons. The summed E-state index contributed by atoms with van der Waals surface area (Å²) in [6.07, 6.45) is 3.31. The van der Waals surface area contributed by atoms with Crippen LogP contribution in [0.2, 0.25) is 10.0 Å². The Morgan fingerprint density at radius 3 is 2.87 bits per heavy atom. The quantitative estimate of drug-likeness (QED) is 0.666. The third-order valence-corrected chi connectivity index (χ3v) is 8.19. The molecule has 2 aromatic rings. The van der Waals surface area contributed by atoms with Crippen molar-refractivity contribution in [2.75, 3.05) is 18.4 Å². The largest absolute Gasteiger partial charge is 0.484 e. The second-order valence-corrected chi connectivity index (χ2v) is 10.2. The molecule has 2 N–H and O–H groups in total. The molecule has 2 aliphatic carbocycles. The minimum atomic E-state index is -0.162. The highest BCUT2D eigenvalue weighted by Gasteiger charge is 2.67. The fraction of sp³-hybridized carbons (Fsp3) is 0.458. The van der Waals surface area contributed by atoms with Gasteiger partial charge in [0.05, 0.1) is 6.04 Å². The zero-order chi connectivity index (χ0) is 21.3. The van der Waals surface area contributed by atoms with Crippen LogP contribution in [0.3, 0.4) is 0 Å². The average Bonchev–Trinajstić information content (AvgIpc) is 3.36. The van der Waals surface area contributed by atoms with Gasteiger partial charge >= 0.3 is 0 Å². The molecule has 0 bridgehead atoms. The van der Waals surface area contributed by atoms with E-state index in [-0.39, 0.29) is 18.1 Å². The molecule has 162 valence electrons. The van der Waals surface area contributed by atoms with E-state index < -0.39 is 0 Å². The predicted octanol–water partition coefficient (Wildman–Crippen LogP) is 4.43. The summed E-state index contributed by atoms with van der Waals surface area (Å²) in [5, 5.41) is 7.93. The van der Waals surface area contributed by atoms with E-state index in [0.29, 0.717) is 21.6 Å². The van der Waals surface area contributed by atoms with Crippen LogP contribution in [0, 0.1) is 5.92 Å². The van der Waals surface area contributed by atoms with Crippen molar-refractivity contribution in [2.45, 2.75) is 49.9 Å². The highest BCUT2D eigenvalue weighted by atomic mass is 35.5. The van der Waals surface area contributed by atoms with Gasteiger partial charge in [0.15, 0.2) is 0 Å². The van der Waals surface area contributed by atoms with Gasteiger partial charge in [0.2, 0.25) is 5.91 Å². The molecule has 5 nitrogen and oxygen atoms in total. The van der Waals surface area contributed by atoms with Gasteiger partial charge in [0, 0.05) is 59.0 Å². The summed E-state index contributed by atoms with van der Waals surface area (Å²) in [4.78, 5) is 14.1. The maximum Gasteiger partial charge on any atom is 0.221 e. The van der Waals surface area contributed by atoms with Crippen LogP contribution in [-0.2, 0) is 11.2 Å². The second kappa shape index (κ2) is 7.11. The number of ether oxygens (including phenoxy) is 1. The van der Waals surface area contributed by atoms with Crippen molar-refractivity contribution in [3.8, 4) is 5.75 Å². The van der Waals surface area contributed by atoms with E-state index in [1.807, 2.05) is 36.4 Å². The Hall–Kier alpha value is -1.79. The molecule has 2 saturated heterocycles. The van der Waals surface area contributed by atoms with E-state index in [2.05, 4.69) is 15.5 Å². The minimum Gasteiger partial charge on any atom is -0.484 e. The van der Waals surface area contributed by atoms with Crippen molar-refractivity contribution < 1.29 is 9.53 Å². The van der Waals surface area contributed by atoms with Gasteiger partial charge in [-0.05, 0) is 55.0 Å². The van der Waals surface area contributed by atoms with Gasteiger partial charge in [-0.15, -0.1) is 0 Å². The minimum absolute atomic E-state index is 0.103. The molecule has 1 amide bonds. The summed E-state index contributed by atoms with van der Waals surface area (Å²) in [6.45, 7) is 3.65. The molecule has 1 saturated carbocycles. The molecule has 2 heterocycles. The van der Waals surface area contributed by atoms with Crippen molar-refractivity contribution in [3.63, 3.8) is 0 Å². The number of hydrogen-bond donors (Lipinski definition) is 2. The third-order valence-electron chi connectivity index (χ3n) is 7.64. The molecular weight excluding hydrogens is 433 g/mol. The zero-order valence-electron chi connectivity index (χ0n) is 17.3. The highest BCUT2D eigenvalue weighted by Crippen LogP contribution is 2.55. The van der Waals surface area contributed by atoms with Gasteiger partial charge in [0.1, 0.15) is 11.9 Å². The number of anilines is 1. The van der Waals surface area contributed by atoms with E-state index in [9.17, 15) is 4.79 Å². The van der Waals surface area contributed by atoms with Gasteiger partial charge in [-0.3, -0.25) is 9.69 Å². The standard InChI is InChI=1S/C24H25Cl2N3O2/c1-13(30)27-16-3-2-4-17(9-16)31-23-19-7-15(25)8-20(26)18(19)10-21(23)29-11-14-5-6-24(14)22(12-29)28-24/h2-4,7-9,14,21-23,28H,5-6,10-12H2,1H3,(H,27,30)/t14-,21-,22?,23-,24?/m0/s1. The second-order valence-electron chi connectivity index (χ2n) is 9.40. The number of hydrogen-bond acceptors (Lipinski definition) is 4. The summed E-state index contributed by atoms with van der Waals surface area (Å²) < 4.78 is 6.60. The van der Waals surface area contributed by atoms with Crippen LogP contribution in [0.25, 0.3) is 0 Å². The normalized spacial score (nSPS) is 33.0. The smallest absolute Gasteiger partial charge is 0.221 e. The van der Waals surface area contributed by atoms with Crippen LogP contribution in [0.4, 0.5) is 5.69 Å². The predicted molar refractivity (Wildman–Crippen MR) is 122 cm³/mol. The Morgan fingerprint density at radius 2 is 2.13 bits per heavy atom. The Bertz CT molecular complexity index is 1080. The lowest BCUT2D eigenvalue weighted by molar-refractivity contribution is -0.114. The summed E-state index contributed by atoms with van der Waals surface area (Å²) in [7, 11) is 0. The molecule has 3 fully saturated rings. The SMILES string of the molecule is CC(=O)Nc1cccc(O[C@H]2c3cc(Cl)cc(Cl)c3C[C@@H]2N2CC3NC34CC[C@H]4C2)c1. The van der Waals surface area contributed by atoms with Crippen LogP contribution in [0.5, 0.6) is 5.75 Å². The van der Waals surface area contributed by atoms with Crippen LogP contribution in [0.15, 0.2) is 36.4 Å². The van der Waals surface area contributed by atoms with E-state index in [1.165, 1.54) is 19.8 Å². The molecule has 2 aromatic carbocycles. The van der Waals surface area contributed by atoms with Gasteiger partial charge < -0.3 is 15.4 Å². The summed E-state index contributed by atoms with van der Waals surface area (Å²) in [5.74, 6) is 1.36. The lowest BCUT2D eigenvalue weighted by Crippen LogP contribution is -2.56. The summed E-state index contributed by atoms with van der Waals surface area (Å²) in [6, 6.07) is 12.2. The van der Waals surface area contributed by atoms with Gasteiger partial charge in [0.25, 0.3) is 0 Å². The number of rotatable bonds is 4. The van der Waals surface area contributed by atoms with E-state index in [1.54, 1.807) is 0 Å². The number of carbonyl (C=O) groups is 1. The number of fused-ring (bicyclic) bond motifs is 1. The molecule has 0 aromatic heterocycles. The van der Waals surface area contributed by atoms with Crippen LogP contribution in [0.1, 0.15) is 37.0 Å². The van der Waals surface area contributed by atoms with Gasteiger partial charge in [-0.2, -0.15) is 0 Å². The van der Waals surface area contributed by atoms with Crippen LogP contribution >= 0.6 is 23.2 Å². The number of carbonyl (C=O) groups excluding carboxylic acids is 1. The van der Waals surface area contributed by atoms with Gasteiger partial charge in [-0.25, -0.2) is 0 Å². The fourth-order valence-corrected chi connectivity index (χ4v) is 6.58. The van der Waals surface area contributed by atoms with Crippen molar-refractivity contribution in [1.82, 2.24) is 10.2 Å². The molecule has 31 heavy (non-hydrogen) atoms. The molecule has 2 aliphatic heterocycles. The number of likely N-dealkylation sites (tertiary alicyclic amines) is 1. The number of benzene rings is 2. The highest BCUT2D eigenvalue weighted by molar-refractivity contribution is 6.35. The Morgan fingerprint density at radius 1 is 1.26 bits per heavy atom. The molecular formula is C24H25Cl2N3O2. The summed E-state index contributed by atoms with van der Waals surface area (Å²) in [5.41, 5.74) is 3.37. The maximum atomic E-state index is 11.5.